The van der Waals surface area contributed by atoms with Crippen LogP contribution in [0.3, 0.4) is 0 Å². The molecule has 1 N–H and O–H groups in total. The second kappa shape index (κ2) is 6.68. The van der Waals surface area contributed by atoms with Crippen molar-refractivity contribution in [2.75, 3.05) is 5.32 Å². The SMILES string of the molecule is O=C(CCc1ccccc1Cl)Nc1ccc(Br)nc1. The van der Waals surface area contributed by atoms with Crippen LogP contribution in [0.2, 0.25) is 5.02 Å². The van der Waals surface area contributed by atoms with Gasteiger partial charge in [-0.15, -0.1) is 0 Å². The maximum atomic E-state index is 11.8. The highest BCUT2D eigenvalue weighted by atomic mass is 79.9. The molecule has 5 heteroatoms. The molecule has 0 saturated heterocycles. The highest BCUT2D eigenvalue weighted by Crippen LogP contribution is 2.17. The van der Waals surface area contributed by atoms with Crippen LogP contribution >= 0.6 is 27.5 Å². The molecule has 0 spiro atoms. The summed E-state index contributed by atoms with van der Waals surface area (Å²) >= 11 is 9.28. The molecular formula is C14H12BrClN2O. The number of halogens is 2. The van der Waals surface area contributed by atoms with E-state index in [2.05, 4.69) is 26.2 Å². The lowest BCUT2D eigenvalue weighted by Gasteiger charge is -2.06. The monoisotopic (exact) mass is 338 g/mol. The van der Waals surface area contributed by atoms with E-state index < -0.39 is 0 Å². The van der Waals surface area contributed by atoms with E-state index in [1.54, 1.807) is 18.3 Å². The van der Waals surface area contributed by atoms with Crippen molar-refractivity contribution >= 4 is 39.1 Å². The molecular weight excluding hydrogens is 328 g/mol. The average Bonchev–Trinajstić information content (AvgIpc) is 2.40. The number of aryl methyl sites for hydroxylation is 1. The Labute approximate surface area is 125 Å². The first-order valence-corrected chi connectivity index (χ1v) is 6.97. The average molecular weight is 340 g/mol. The first-order chi connectivity index (χ1) is 9.15. The highest BCUT2D eigenvalue weighted by Gasteiger charge is 2.05. The Morgan fingerprint density at radius 2 is 2.05 bits per heavy atom. The largest absolute Gasteiger partial charge is 0.325 e. The van der Waals surface area contributed by atoms with Crippen molar-refractivity contribution in [1.29, 1.82) is 0 Å². The van der Waals surface area contributed by atoms with Crippen molar-refractivity contribution in [3.05, 3.63) is 57.8 Å². The lowest BCUT2D eigenvalue weighted by molar-refractivity contribution is -0.116. The summed E-state index contributed by atoms with van der Waals surface area (Å²) in [5, 5.41) is 3.49. The van der Waals surface area contributed by atoms with Crippen molar-refractivity contribution in [2.45, 2.75) is 12.8 Å². The maximum Gasteiger partial charge on any atom is 0.224 e. The van der Waals surface area contributed by atoms with Crippen LogP contribution < -0.4 is 5.32 Å². The molecule has 1 amide bonds. The number of hydrogen-bond acceptors (Lipinski definition) is 2. The van der Waals surface area contributed by atoms with E-state index in [1.165, 1.54) is 0 Å². The predicted molar refractivity (Wildman–Crippen MR) is 80.3 cm³/mol. The van der Waals surface area contributed by atoms with Crippen LogP contribution in [0, 0.1) is 0 Å². The van der Waals surface area contributed by atoms with Gasteiger partial charge in [0, 0.05) is 11.4 Å². The molecule has 0 unspecified atom stereocenters. The quantitative estimate of drug-likeness (QED) is 0.853. The van der Waals surface area contributed by atoms with Gasteiger partial charge in [0.15, 0.2) is 0 Å². The molecule has 0 bridgehead atoms. The zero-order chi connectivity index (χ0) is 13.7. The Kier molecular flexibility index (Phi) is 4.93. The fourth-order valence-electron chi connectivity index (χ4n) is 1.62. The molecule has 19 heavy (non-hydrogen) atoms. The van der Waals surface area contributed by atoms with E-state index in [0.717, 1.165) is 10.2 Å². The normalized spacial score (nSPS) is 10.2. The molecule has 0 radical (unpaired) electrons. The second-order valence-electron chi connectivity index (χ2n) is 4.01. The number of benzene rings is 1. The van der Waals surface area contributed by atoms with Gasteiger partial charge in [0.25, 0.3) is 0 Å². The zero-order valence-electron chi connectivity index (χ0n) is 10.1. The Bertz CT molecular complexity index is 572. The molecule has 1 heterocycles. The number of anilines is 1. The summed E-state index contributed by atoms with van der Waals surface area (Å²) in [6.45, 7) is 0. The number of amides is 1. The minimum Gasteiger partial charge on any atom is -0.325 e. The van der Waals surface area contributed by atoms with Crippen LogP contribution in [0.1, 0.15) is 12.0 Å². The zero-order valence-corrected chi connectivity index (χ0v) is 12.4. The molecule has 0 aliphatic carbocycles. The van der Waals surface area contributed by atoms with Crippen molar-refractivity contribution in [3.63, 3.8) is 0 Å². The Morgan fingerprint density at radius 1 is 1.26 bits per heavy atom. The van der Waals surface area contributed by atoms with Crippen molar-refractivity contribution in [3.8, 4) is 0 Å². The minimum atomic E-state index is -0.0518. The number of nitrogens with one attached hydrogen (secondary N) is 1. The van der Waals surface area contributed by atoms with E-state index in [4.69, 9.17) is 11.6 Å². The third kappa shape index (κ3) is 4.33. The van der Waals surface area contributed by atoms with Gasteiger partial charge < -0.3 is 5.32 Å². The van der Waals surface area contributed by atoms with Crippen LogP contribution in [-0.2, 0) is 11.2 Å². The van der Waals surface area contributed by atoms with Gasteiger partial charge in [-0.3, -0.25) is 4.79 Å². The fourth-order valence-corrected chi connectivity index (χ4v) is 2.09. The summed E-state index contributed by atoms with van der Waals surface area (Å²) < 4.78 is 0.738. The molecule has 0 fully saturated rings. The van der Waals surface area contributed by atoms with Gasteiger partial charge in [0.2, 0.25) is 5.91 Å². The number of hydrogen-bond donors (Lipinski definition) is 1. The van der Waals surface area contributed by atoms with Gasteiger partial charge >= 0.3 is 0 Å². The number of pyridine rings is 1. The Morgan fingerprint density at radius 3 is 2.74 bits per heavy atom. The van der Waals surface area contributed by atoms with Crippen molar-refractivity contribution in [2.24, 2.45) is 0 Å². The van der Waals surface area contributed by atoms with Crippen molar-refractivity contribution in [1.82, 2.24) is 4.98 Å². The molecule has 1 aromatic heterocycles. The van der Waals surface area contributed by atoms with Gasteiger partial charge in [0.1, 0.15) is 4.60 Å². The van der Waals surface area contributed by atoms with E-state index in [0.29, 0.717) is 23.6 Å². The molecule has 0 aliphatic heterocycles. The molecule has 0 atom stereocenters. The third-order valence-corrected chi connectivity index (χ3v) is 3.43. The molecule has 2 rings (SSSR count). The van der Waals surface area contributed by atoms with Gasteiger partial charge in [0.05, 0.1) is 11.9 Å². The van der Waals surface area contributed by atoms with Crippen LogP contribution in [-0.4, -0.2) is 10.9 Å². The fraction of sp³-hybridized carbons (Fsp3) is 0.143. The lowest BCUT2D eigenvalue weighted by Crippen LogP contribution is -2.12. The molecule has 98 valence electrons. The summed E-state index contributed by atoms with van der Waals surface area (Å²) in [5.74, 6) is -0.0518. The summed E-state index contributed by atoms with van der Waals surface area (Å²) in [6, 6.07) is 11.1. The topological polar surface area (TPSA) is 42.0 Å². The summed E-state index contributed by atoms with van der Waals surface area (Å²) in [6.07, 6.45) is 2.62. The van der Waals surface area contributed by atoms with Crippen LogP contribution in [0.25, 0.3) is 0 Å². The Balaban J connectivity index is 1.88. The second-order valence-corrected chi connectivity index (χ2v) is 5.23. The standard InChI is InChI=1S/C14H12BrClN2O/c15-13-7-6-11(9-17-13)18-14(19)8-5-10-3-1-2-4-12(10)16/h1-4,6-7,9H,5,8H2,(H,18,19). The summed E-state index contributed by atoms with van der Waals surface area (Å²) in [7, 11) is 0. The maximum absolute atomic E-state index is 11.8. The molecule has 1 aromatic carbocycles. The van der Waals surface area contributed by atoms with E-state index in [-0.39, 0.29) is 5.91 Å². The number of nitrogens with zero attached hydrogens (tertiary/aromatic N) is 1. The van der Waals surface area contributed by atoms with Gasteiger partial charge in [-0.05, 0) is 46.1 Å². The molecule has 3 nitrogen and oxygen atoms in total. The molecule has 2 aromatic rings. The van der Waals surface area contributed by atoms with E-state index in [1.807, 2.05) is 24.3 Å². The van der Waals surface area contributed by atoms with E-state index >= 15 is 0 Å². The molecule has 0 aliphatic rings. The van der Waals surface area contributed by atoms with Crippen molar-refractivity contribution < 1.29 is 4.79 Å². The van der Waals surface area contributed by atoms with Gasteiger partial charge in [-0.25, -0.2) is 4.98 Å². The summed E-state index contributed by atoms with van der Waals surface area (Å²) in [5.41, 5.74) is 1.67. The van der Waals surface area contributed by atoms with E-state index in [9.17, 15) is 4.79 Å². The number of carbonyl (C=O) groups excluding carboxylic acids is 1. The molecule has 0 saturated carbocycles. The van der Waals surface area contributed by atoms with Gasteiger partial charge in [-0.2, -0.15) is 0 Å². The van der Waals surface area contributed by atoms with Crippen LogP contribution in [0.4, 0.5) is 5.69 Å². The number of carbonyl (C=O) groups is 1. The number of rotatable bonds is 4. The summed E-state index contributed by atoms with van der Waals surface area (Å²) in [4.78, 5) is 15.8. The first-order valence-electron chi connectivity index (χ1n) is 5.80. The first kappa shape index (κ1) is 14.0. The predicted octanol–water partition coefficient (Wildman–Crippen LogP) is 4.07. The highest BCUT2D eigenvalue weighted by molar-refractivity contribution is 9.10. The van der Waals surface area contributed by atoms with Crippen LogP contribution in [0.5, 0.6) is 0 Å². The lowest BCUT2D eigenvalue weighted by atomic mass is 10.1. The third-order valence-electron chi connectivity index (χ3n) is 2.59. The van der Waals surface area contributed by atoms with Crippen LogP contribution in [0.15, 0.2) is 47.2 Å². The minimum absolute atomic E-state index is 0.0518. The number of aromatic nitrogens is 1. The van der Waals surface area contributed by atoms with Gasteiger partial charge in [-0.1, -0.05) is 29.8 Å². The smallest absolute Gasteiger partial charge is 0.224 e. The Hall–Kier alpha value is -1.39.